The van der Waals surface area contributed by atoms with Crippen molar-refractivity contribution in [3.8, 4) is 11.5 Å². The maximum Gasteiger partial charge on any atom is 0.409 e. The molecule has 1 amide bonds. The van der Waals surface area contributed by atoms with Gasteiger partial charge in [-0.25, -0.2) is 4.79 Å². The monoisotopic (exact) mass is 490 g/mol. The van der Waals surface area contributed by atoms with Crippen LogP contribution in [0.4, 0.5) is 10.5 Å². The molecule has 0 radical (unpaired) electrons. The fraction of sp³-hybridized carbons (Fsp3) is 0.375. The van der Waals surface area contributed by atoms with Gasteiger partial charge in [-0.3, -0.25) is 4.90 Å². The van der Waals surface area contributed by atoms with Crippen molar-refractivity contribution in [2.45, 2.75) is 19.3 Å². The Morgan fingerprint density at radius 3 is 2.48 bits per heavy atom. The van der Waals surface area contributed by atoms with Gasteiger partial charge in [0, 0.05) is 49.0 Å². The van der Waals surface area contributed by atoms with E-state index in [1.807, 2.05) is 30.5 Å². The lowest BCUT2D eigenvalue weighted by atomic mass is 10.1. The Morgan fingerprint density at radius 1 is 1.09 bits per heavy atom. The molecule has 2 heterocycles. The van der Waals surface area contributed by atoms with Gasteiger partial charge in [-0.2, -0.15) is 0 Å². The normalized spacial score (nSPS) is 14.6. The topological polar surface area (TPSA) is 83.8 Å². The van der Waals surface area contributed by atoms with E-state index in [4.69, 9.17) is 38.4 Å². The molecule has 3 aromatic rings. The first-order chi connectivity index (χ1) is 15.9. The molecule has 0 spiro atoms. The van der Waals surface area contributed by atoms with Crippen molar-refractivity contribution in [3.05, 3.63) is 52.1 Å². The van der Waals surface area contributed by atoms with Gasteiger partial charge in [0.05, 0.1) is 17.2 Å². The third-order valence-corrected chi connectivity index (χ3v) is 6.61. The molecule has 0 saturated carbocycles. The summed E-state index contributed by atoms with van der Waals surface area (Å²) in [5.74, 6) is 0.987. The van der Waals surface area contributed by atoms with Gasteiger partial charge >= 0.3 is 6.09 Å². The number of nitrogens with two attached hydrogens (primary N) is 1. The molecule has 176 valence electrons. The Kier molecular flexibility index (Phi) is 7.53. The first kappa shape index (κ1) is 23.5. The van der Waals surface area contributed by atoms with Crippen molar-refractivity contribution < 1.29 is 14.3 Å². The standard InChI is InChI=1S/C24H28Cl2N4O3/c1-32-23-20(25)12-17(13-21(23)26)30-10-8-29(9-11-30)7-3-2-4-16-15-28-22-6-5-18(14-19(16)22)33-24(27)31/h5-6,12-15,28H,2-4,7-11H2,1H3,(H2,27,31). The smallest absolute Gasteiger partial charge is 0.409 e. The van der Waals surface area contributed by atoms with Crippen molar-refractivity contribution >= 4 is 45.9 Å². The summed E-state index contributed by atoms with van der Waals surface area (Å²) in [6.07, 6.45) is 4.39. The second kappa shape index (κ2) is 10.5. The van der Waals surface area contributed by atoms with Crippen LogP contribution in [0.2, 0.25) is 10.0 Å². The second-order valence-electron chi connectivity index (χ2n) is 8.17. The SMILES string of the molecule is COc1c(Cl)cc(N2CCN(CCCCc3c[nH]c4ccc(OC(N)=O)cc34)CC2)cc1Cl. The summed E-state index contributed by atoms with van der Waals surface area (Å²) >= 11 is 12.6. The number of anilines is 1. The number of methoxy groups -OCH3 is 1. The lowest BCUT2D eigenvalue weighted by Crippen LogP contribution is -2.46. The van der Waals surface area contributed by atoms with E-state index in [0.29, 0.717) is 21.5 Å². The molecule has 4 rings (SSSR count). The van der Waals surface area contributed by atoms with E-state index in [0.717, 1.165) is 68.6 Å². The summed E-state index contributed by atoms with van der Waals surface area (Å²) in [4.78, 5) is 19.1. The Bertz CT molecular complexity index is 1100. The van der Waals surface area contributed by atoms with Gasteiger partial charge in [0.2, 0.25) is 0 Å². The van der Waals surface area contributed by atoms with Crippen LogP contribution >= 0.6 is 23.2 Å². The fourth-order valence-corrected chi connectivity index (χ4v) is 4.98. The van der Waals surface area contributed by atoms with Crippen LogP contribution in [0.3, 0.4) is 0 Å². The number of carbonyl (C=O) groups excluding carboxylic acids is 1. The van der Waals surface area contributed by atoms with E-state index in [2.05, 4.69) is 14.8 Å². The molecule has 1 aliphatic heterocycles. The minimum atomic E-state index is -0.801. The molecule has 1 aromatic heterocycles. The first-order valence-corrected chi connectivity index (χ1v) is 11.8. The number of nitrogens with one attached hydrogen (secondary N) is 1. The van der Waals surface area contributed by atoms with E-state index in [-0.39, 0.29) is 0 Å². The van der Waals surface area contributed by atoms with Crippen LogP contribution < -0.4 is 20.1 Å². The molecule has 0 unspecified atom stereocenters. The molecule has 3 N–H and O–H groups in total. The van der Waals surface area contributed by atoms with Crippen LogP contribution in [0.25, 0.3) is 10.9 Å². The van der Waals surface area contributed by atoms with Gasteiger partial charge in [0.25, 0.3) is 0 Å². The van der Waals surface area contributed by atoms with Crippen LogP contribution in [-0.2, 0) is 6.42 Å². The van der Waals surface area contributed by atoms with Gasteiger partial charge in [-0.05, 0) is 61.7 Å². The number of halogens is 2. The number of ether oxygens (including phenoxy) is 2. The molecule has 33 heavy (non-hydrogen) atoms. The number of H-pyrrole nitrogens is 1. The molecule has 1 aliphatic rings. The predicted octanol–water partition coefficient (Wildman–Crippen LogP) is 5.09. The highest BCUT2D eigenvalue weighted by atomic mass is 35.5. The summed E-state index contributed by atoms with van der Waals surface area (Å²) in [7, 11) is 1.57. The Hall–Kier alpha value is -2.61. The van der Waals surface area contributed by atoms with Crippen molar-refractivity contribution in [1.82, 2.24) is 9.88 Å². The molecule has 7 nitrogen and oxygen atoms in total. The number of fused-ring (bicyclic) bond motifs is 1. The molecule has 9 heteroatoms. The number of rotatable bonds is 8. The van der Waals surface area contributed by atoms with Crippen molar-refractivity contribution in [2.75, 3.05) is 44.7 Å². The average molecular weight is 491 g/mol. The van der Waals surface area contributed by atoms with Gasteiger partial charge in [-0.15, -0.1) is 0 Å². The van der Waals surface area contributed by atoms with Crippen LogP contribution in [0.1, 0.15) is 18.4 Å². The molecule has 0 bridgehead atoms. The van der Waals surface area contributed by atoms with Gasteiger partial charge in [0.15, 0.2) is 5.75 Å². The lowest BCUT2D eigenvalue weighted by Gasteiger charge is -2.36. The molecule has 0 aliphatic carbocycles. The number of carbonyl (C=O) groups is 1. The molecular weight excluding hydrogens is 463 g/mol. The van der Waals surface area contributed by atoms with E-state index in [9.17, 15) is 4.79 Å². The zero-order valence-corrected chi connectivity index (χ0v) is 20.1. The summed E-state index contributed by atoms with van der Waals surface area (Å²) in [5, 5.41) is 2.14. The zero-order chi connectivity index (χ0) is 23.4. The Labute approximate surface area is 203 Å². The first-order valence-electron chi connectivity index (χ1n) is 11.0. The minimum Gasteiger partial charge on any atom is -0.494 e. The number of nitrogens with zero attached hydrogens (tertiary/aromatic N) is 2. The van der Waals surface area contributed by atoms with Crippen molar-refractivity contribution in [3.63, 3.8) is 0 Å². The summed E-state index contributed by atoms with van der Waals surface area (Å²) in [6.45, 7) is 4.94. The largest absolute Gasteiger partial charge is 0.494 e. The summed E-state index contributed by atoms with van der Waals surface area (Å²) in [6, 6.07) is 9.34. The van der Waals surface area contributed by atoms with Crippen LogP contribution in [0.5, 0.6) is 11.5 Å². The molecule has 1 saturated heterocycles. The number of piperazine rings is 1. The van der Waals surface area contributed by atoms with Crippen LogP contribution in [0, 0.1) is 0 Å². The third-order valence-electron chi connectivity index (χ3n) is 6.05. The number of unbranched alkanes of at least 4 members (excludes halogenated alkanes) is 1. The lowest BCUT2D eigenvalue weighted by molar-refractivity contribution is 0.211. The second-order valence-corrected chi connectivity index (χ2v) is 8.99. The van der Waals surface area contributed by atoms with Crippen molar-refractivity contribution in [2.24, 2.45) is 5.73 Å². The number of benzene rings is 2. The number of primary amides is 1. The highest BCUT2D eigenvalue weighted by molar-refractivity contribution is 6.37. The number of aromatic nitrogens is 1. The van der Waals surface area contributed by atoms with Crippen LogP contribution in [-0.4, -0.2) is 55.8 Å². The Balaban J connectivity index is 1.24. The minimum absolute atomic E-state index is 0.466. The number of amides is 1. The van der Waals surface area contributed by atoms with E-state index in [1.165, 1.54) is 5.56 Å². The number of aryl methyl sites for hydroxylation is 1. The quantitative estimate of drug-likeness (QED) is 0.429. The van der Waals surface area contributed by atoms with Gasteiger partial charge in [-0.1, -0.05) is 23.2 Å². The number of aromatic amines is 1. The maximum absolute atomic E-state index is 11.0. The van der Waals surface area contributed by atoms with E-state index >= 15 is 0 Å². The summed E-state index contributed by atoms with van der Waals surface area (Å²) in [5.41, 5.74) is 8.40. The highest BCUT2D eigenvalue weighted by Crippen LogP contribution is 2.37. The third kappa shape index (κ3) is 5.66. The summed E-state index contributed by atoms with van der Waals surface area (Å²) < 4.78 is 10.3. The molecule has 1 fully saturated rings. The maximum atomic E-state index is 11.0. The van der Waals surface area contributed by atoms with Gasteiger partial charge in [0.1, 0.15) is 5.75 Å². The molecular formula is C24H28Cl2N4O3. The predicted molar refractivity (Wildman–Crippen MR) is 133 cm³/mol. The number of hydrogen-bond donors (Lipinski definition) is 2. The highest BCUT2D eigenvalue weighted by Gasteiger charge is 2.19. The van der Waals surface area contributed by atoms with Crippen molar-refractivity contribution in [1.29, 1.82) is 0 Å². The molecule has 2 aromatic carbocycles. The number of hydrogen-bond acceptors (Lipinski definition) is 5. The zero-order valence-electron chi connectivity index (χ0n) is 18.6. The van der Waals surface area contributed by atoms with Crippen LogP contribution in [0.15, 0.2) is 36.5 Å². The molecule has 0 atom stereocenters. The van der Waals surface area contributed by atoms with Gasteiger partial charge < -0.3 is 25.1 Å². The average Bonchev–Trinajstić information content (AvgIpc) is 3.19. The fourth-order valence-electron chi connectivity index (χ4n) is 4.35. The van der Waals surface area contributed by atoms with E-state index in [1.54, 1.807) is 13.2 Å². The Morgan fingerprint density at radius 2 is 1.82 bits per heavy atom. The van der Waals surface area contributed by atoms with E-state index < -0.39 is 6.09 Å².